The lowest BCUT2D eigenvalue weighted by Gasteiger charge is -2.18. The molecule has 1 aliphatic rings. The molecule has 35 heavy (non-hydrogen) atoms. The van der Waals surface area contributed by atoms with Crippen LogP contribution in [0.3, 0.4) is 0 Å². The van der Waals surface area contributed by atoms with Gasteiger partial charge in [-0.3, -0.25) is 0 Å². The molecule has 1 saturated heterocycles. The van der Waals surface area contributed by atoms with Crippen molar-refractivity contribution in [3.05, 3.63) is 60.7 Å². The van der Waals surface area contributed by atoms with Crippen LogP contribution in [0.2, 0.25) is 0 Å². The van der Waals surface area contributed by atoms with Gasteiger partial charge in [-0.05, 0) is 31.2 Å². The molecule has 1 fully saturated rings. The number of anilines is 1. The molecule has 0 unspecified atom stereocenters. The van der Waals surface area contributed by atoms with Crippen molar-refractivity contribution < 1.29 is 14.2 Å². The summed E-state index contributed by atoms with van der Waals surface area (Å²) in [5.74, 6) is 3.18. The normalized spacial score (nSPS) is 17.4. The van der Waals surface area contributed by atoms with Crippen molar-refractivity contribution in [2.24, 2.45) is 5.92 Å². The van der Waals surface area contributed by atoms with E-state index in [0.717, 1.165) is 41.3 Å². The highest BCUT2D eigenvalue weighted by Crippen LogP contribution is 2.32. The van der Waals surface area contributed by atoms with E-state index in [4.69, 9.17) is 19.2 Å². The first-order valence-electron chi connectivity index (χ1n) is 11.5. The Kier molecular flexibility index (Phi) is 6.10. The zero-order chi connectivity index (χ0) is 24.4. The number of aromatic nitrogens is 4. The van der Waals surface area contributed by atoms with Crippen molar-refractivity contribution in [1.29, 1.82) is 5.26 Å². The summed E-state index contributed by atoms with van der Waals surface area (Å²) in [7, 11) is 1.59. The second-order valence-corrected chi connectivity index (χ2v) is 8.47. The number of fused-ring (bicyclic) bond motifs is 1. The molecule has 0 N–H and O–H groups in total. The summed E-state index contributed by atoms with van der Waals surface area (Å²) in [6, 6.07) is 11.9. The van der Waals surface area contributed by atoms with Gasteiger partial charge < -0.3 is 19.1 Å². The van der Waals surface area contributed by atoms with Crippen molar-refractivity contribution in [3.8, 4) is 34.6 Å². The summed E-state index contributed by atoms with van der Waals surface area (Å²) >= 11 is 0. The van der Waals surface area contributed by atoms with E-state index in [9.17, 15) is 5.26 Å². The zero-order valence-corrected chi connectivity index (χ0v) is 19.9. The summed E-state index contributed by atoms with van der Waals surface area (Å²) in [6.07, 6.45) is 6.90. The summed E-state index contributed by atoms with van der Waals surface area (Å²) in [5, 5.41) is 13.9. The fourth-order valence-electron chi connectivity index (χ4n) is 4.39. The quantitative estimate of drug-likeness (QED) is 0.400. The molecule has 4 aromatic heterocycles. The molecule has 5 rings (SSSR count). The fraction of sp³-hybridized carbons (Fsp3) is 0.308. The Hall–Kier alpha value is -4.32. The van der Waals surface area contributed by atoms with Crippen LogP contribution < -0.4 is 19.1 Å². The number of rotatable bonds is 7. The molecule has 0 aliphatic carbocycles. The van der Waals surface area contributed by atoms with Gasteiger partial charge in [0.2, 0.25) is 5.88 Å². The summed E-state index contributed by atoms with van der Waals surface area (Å²) in [6.45, 7) is 6.21. The van der Waals surface area contributed by atoms with Crippen LogP contribution in [-0.2, 0) is 0 Å². The number of ether oxygens (including phenoxy) is 3. The number of nitrogens with zero attached hydrogens (tertiary/aromatic N) is 6. The smallest absolute Gasteiger partial charge is 0.213 e. The third kappa shape index (κ3) is 4.43. The average Bonchev–Trinajstić information content (AvgIpc) is 3.47. The van der Waals surface area contributed by atoms with Gasteiger partial charge in [-0.2, -0.15) is 10.4 Å². The Labute approximate surface area is 203 Å². The van der Waals surface area contributed by atoms with Crippen molar-refractivity contribution in [1.82, 2.24) is 19.6 Å². The molecule has 4 aromatic rings. The fourth-order valence-corrected chi connectivity index (χ4v) is 4.39. The highest BCUT2D eigenvalue weighted by molar-refractivity contribution is 5.85. The van der Waals surface area contributed by atoms with Crippen molar-refractivity contribution in [3.63, 3.8) is 0 Å². The van der Waals surface area contributed by atoms with E-state index in [1.807, 2.05) is 37.4 Å². The predicted molar refractivity (Wildman–Crippen MR) is 131 cm³/mol. The Morgan fingerprint density at radius 2 is 1.97 bits per heavy atom. The van der Waals surface area contributed by atoms with Gasteiger partial charge in [0.1, 0.15) is 29.5 Å². The molecular weight excluding hydrogens is 444 g/mol. The minimum Gasteiger partial charge on any atom is -0.492 e. The number of hydrogen-bond acceptors (Lipinski definition) is 8. The van der Waals surface area contributed by atoms with E-state index in [1.54, 1.807) is 36.3 Å². The lowest BCUT2D eigenvalue weighted by Crippen LogP contribution is -2.26. The molecule has 9 nitrogen and oxygen atoms in total. The maximum atomic E-state index is 9.56. The van der Waals surface area contributed by atoms with Crippen LogP contribution in [0.5, 0.6) is 17.4 Å². The third-order valence-electron chi connectivity index (χ3n) is 6.15. The predicted octanol–water partition coefficient (Wildman–Crippen LogP) is 3.97. The molecule has 0 aromatic carbocycles. The molecule has 2 atom stereocenters. The van der Waals surface area contributed by atoms with E-state index in [2.05, 4.69) is 28.0 Å². The number of nitriles is 1. The Bertz CT molecular complexity index is 1360. The van der Waals surface area contributed by atoms with E-state index in [-0.39, 0.29) is 6.10 Å². The topological polar surface area (TPSA) is 97.8 Å². The maximum Gasteiger partial charge on any atom is 0.213 e. The van der Waals surface area contributed by atoms with Gasteiger partial charge in [0, 0.05) is 35.9 Å². The van der Waals surface area contributed by atoms with Crippen molar-refractivity contribution >= 4 is 11.3 Å². The Balaban J connectivity index is 1.37. The van der Waals surface area contributed by atoms with E-state index in [0.29, 0.717) is 29.7 Å². The monoisotopic (exact) mass is 470 g/mol. The van der Waals surface area contributed by atoms with Crippen LogP contribution in [0.25, 0.3) is 16.6 Å². The maximum absolute atomic E-state index is 9.56. The molecule has 0 saturated carbocycles. The van der Waals surface area contributed by atoms with Gasteiger partial charge >= 0.3 is 0 Å². The van der Waals surface area contributed by atoms with Crippen LogP contribution in [-0.4, -0.2) is 52.5 Å². The SMILES string of the molecule is CCOc1cc(-c2ccc(N3C[C@H](Oc4ccc(OC)nc4)[C@@H](C)C3)nc2)c2c(C#N)cnn2c1. The lowest BCUT2D eigenvalue weighted by atomic mass is 10.1. The second-order valence-electron chi connectivity index (χ2n) is 8.47. The molecule has 0 spiro atoms. The number of pyridine rings is 3. The molecule has 0 amide bonds. The summed E-state index contributed by atoms with van der Waals surface area (Å²) < 4.78 is 18.7. The van der Waals surface area contributed by atoms with Gasteiger partial charge in [0.25, 0.3) is 0 Å². The molecule has 178 valence electrons. The highest BCUT2D eigenvalue weighted by Gasteiger charge is 2.32. The first-order chi connectivity index (χ1) is 17.1. The van der Waals surface area contributed by atoms with Gasteiger partial charge in [-0.15, -0.1) is 0 Å². The third-order valence-corrected chi connectivity index (χ3v) is 6.15. The minimum atomic E-state index is 0.0270. The van der Waals surface area contributed by atoms with E-state index >= 15 is 0 Å². The molecule has 1 aliphatic heterocycles. The highest BCUT2D eigenvalue weighted by atomic mass is 16.5. The van der Waals surface area contributed by atoms with Gasteiger partial charge in [-0.25, -0.2) is 14.5 Å². The number of hydrogen-bond donors (Lipinski definition) is 0. The van der Waals surface area contributed by atoms with E-state index in [1.165, 1.54) is 0 Å². The lowest BCUT2D eigenvalue weighted by molar-refractivity contribution is 0.182. The molecule has 9 heteroatoms. The van der Waals surface area contributed by atoms with Gasteiger partial charge in [-0.1, -0.05) is 6.92 Å². The largest absolute Gasteiger partial charge is 0.492 e. The van der Waals surface area contributed by atoms with Crippen molar-refractivity contribution in [2.45, 2.75) is 20.0 Å². The minimum absolute atomic E-state index is 0.0270. The first kappa shape index (κ1) is 22.5. The summed E-state index contributed by atoms with van der Waals surface area (Å²) in [5.41, 5.74) is 2.99. The zero-order valence-electron chi connectivity index (χ0n) is 19.9. The average molecular weight is 471 g/mol. The standard InChI is InChI=1S/C26H26N6O3/c1-4-34-21-9-22(26-19(10-27)12-30-32(26)15-21)18-5-7-24(28-11-18)31-14-17(2)23(16-31)35-20-6-8-25(33-3)29-13-20/h5-9,11-13,15,17,23H,4,14,16H2,1-3H3/t17-,23-/m0/s1. The van der Waals surface area contributed by atoms with Crippen LogP contribution in [0, 0.1) is 17.2 Å². The second kappa shape index (κ2) is 9.50. The molecule has 0 radical (unpaired) electrons. The van der Waals surface area contributed by atoms with Crippen LogP contribution in [0.1, 0.15) is 19.4 Å². The molecular formula is C26H26N6O3. The molecule has 0 bridgehead atoms. The number of methoxy groups -OCH3 is 1. The molecule has 5 heterocycles. The summed E-state index contributed by atoms with van der Waals surface area (Å²) in [4.78, 5) is 11.2. The Morgan fingerprint density at radius 3 is 2.66 bits per heavy atom. The van der Waals surface area contributed by atoms with Crippen LogP contribution in [0.15, 0.2) is 55.1 Å². The first-order valence-corrected chi connectivity index (χ1v) is 11.5. The van der Waals surface area contributed by atoms with Crippen LogP contribution in [0.4, 0.5) is 5.82 Å². The van der Waals surface area contributed by atoms with Gasteiger partial charge in [0.15, 0.2) is 0 Å². The van der Waals surface area contributed by atoms with Crippen LogP contribution >= 0.6 is 0 Å². The Morgan fingerprint density at radius 1 is 1.09 bits per heavy atom. The van der Waals surface area contributed by atoms with Crippen molar-refractivity contribution in [2.75, 3.05) is 31.7 Å². The van der Waals surface area contributed by atoms with E-state index < -0.39 is 0 Å². The van der Waals surface area contributed by atoms with Gasteiger partial charge in [0.05, 0.1) is 49.9 Å².